The van der Waals surface area contributed by atoms with Gasteiger partial charge >= 0.3 is 0 Å². The minimum absolute atomic E-state index is 0.0440. The average Bonchev–Trinajstić information content (AvgIpc) is 3.32. The third-order valence-electron chi connectivity index (χ3n) is 7.56. The molecular weight excluding hydrogens is 481 g/mol. The molecule has 0 spiro atoms. The van der Waals surface area contributed by atoms with Gasteiger partial charge in [0.25, 0.3) is 11.8 Å². The van der Waals surface area contributed by atoms with Gasteiger partial charge in [0.2, 0.25) is 5.76 Å². The lowest BCUT2D eigenvalue weighted by Gasteiger charge is -2.56. The van der Waals surface area contributed by atoms with E-state index in [0.29, 0.717) is 42.0 Å². The molecule has 1 aromatic heterocycles. The van der Waals surface area contributed by atoms with Crippen LogP contribution in [0.15, 0.2) is 28.8 Å². The number of benzene rings is 1. The molecule has 0 radical (unpaired) electrons. The number of aromatic nitrogens is 1. The number of hydrogen-bond donors (Lipinski definition) is 4. The summed E-state index contributed by atoms with van der Waals surface area (Å²) in [6, 6.07) is 6.14. The fourth-order valence-corrected chi connectivity index (χ4v) is 5.63. The fraction of sp³-hybridized carbons (Fsp3) is 0.542. The zero-order valence-corrected chi connectivity index (χ0v) is 19.8. The van der Waals surface area contributed by atoms with Gasteiger partial charge in [-0.15, -0.1) is 0 Å². The predicted octanol–water partition coefficient (Wildman–Crippen LogP) is 2.91. The second-order valence-electron chi connectivity index (χ2n) is 9.87. The van der Waals surface area contributed by atoms with Crippen molar-refractivity contribution < 1.29 is 33.5 Å². The number of aliphatic hydroxyl groups excluding tert-OH is 2. The summed E-state index contributed by atoms with van der Waals surface area (Å²) in [5.41, 5.74) is -0.924. The highest BCUT2D eigenvalue weighted by Gasteiger charge is 2.56. The highest BCUT2D eigenvalue weighted by atomic mass is 35.5. The molecule has 2 aromatic rings. The number of rotatable bonds is 5. The standard InChI is InChI=1S/C24H27ClFN3O6/c1-12(26)15-9-19(35-29-15)22(33)27-23-4-6-24(7-5-23,20(31)11-23)28-21(32)18-10-16(30)14-8-13(25)2-3-17(14)34-18/h2-3,8-9,12,16,18,20,30-31H,4-7,10-11H2,1H3,(H,27,33)(H,28,32)/t12?,16-,18-,20-,23?,24?/m0/s1. The number of aliphatic hydroxyl groups is 2. The zero-order chi connectivity index (χ0) is 25.0. The Labute approximate surface area is 206 Å². The predicted molar refractivity (Wildman–Crippen MR) is 122 cm³/mol. The van der Waals surface area contributed by atoms with Crippen molar-refractivity contribution in [2.75, 3.05) is 0 Å². The first-order chi connectivity index (χ1) is 16.6. The summed E-state index contributed by atoms with van der Waals surface area (Å²) >= 11 is 6.00. The normalized spacial score (nSPS) is 32.3. The van der Waals surface area contributed by atoms with Gasteiger partial charge in [-0.2, -0.15) is 0 Å². The molecular formula is C24H27ClFN3O6. The van der Waals surface area contributed by atoms with E-state index < -0.39 is 47.4 Å². The number of halogens is 2. The van der Waals surface area contributed by atoms with E-state index in [4.69, 9.17) is 20.9 Å². The van der Waals surface area contributed by atoms with Crippen LogP contribution in [0.25, 0.3) is 0 Å². The Hall–Kier alpha value is -2.69. The summed E-state index contributed by atoms with van der Waals surface area (Å²) in [7, 11) is 0. The first-order valence-electron chi connectivity index (χ1n) is 11.7. The zero-order valence-electron chi connectivity index (χ0n) is 19.1. The van der Waals surface area contributed by atoms with Gasteiger partial charge in [0.15, 0.2) is 6.10 Å². The molecule has 9 nitrogen and oxygen atoms in total. The van der Waals surface area contributed by atoms with Gasteiger partial charge in [-0.05, 0) is 57.2 Å². The highest BCUT2D eigenvalue weighted by Crippen LogP contribution is 2.47. The second kappa shape index (κ2) is 8.76. The smallest absolute Gasteiger partial charge is 0.290 e. The Bertz CT molecular complexity index is 1150. The maximum atomic E-state index is 13.4. The van der Waals surface area contributed by atoms with Crippen LogP contribution >= 0.6 is 11.6 Å². The Morgan fingerprint density at radius 2 is 1.94 bits per heavy atom. The number of carbonyl (C=O) groups is 2. The van der Waals surface area contributed by atoms with Crippen molar-refractivity contribution >= 4 is 23.4 Å². The van der Waals surface area contributed by atoms with E-state index in [1.54, 1.807) is 18.2 Å². The van der Waals surface area contributed by atoms with Gasteiger partial charge in [-0.3, -0.25) is 9.59 Å². The number of nitrogens with zero attached hydrogens (tertiary/aromatic N) is 1. The summed E-state index contributed by atoms with van der Waals surface area (Å²) in [4.78, 5) is 25.8. The number of amides is 2. The Kier molecular flexibility index (Phi) is 6.01. The van der Waals surface area contributed by atoms with Crippen molar-refractivity contribution in [2.24, 2.45) is 0 Å². The van der Waals surface area contributed by atoms with E-state index in [0.717, 1.165) is 0 Å². The molecule has 1 aromatic carbocycles. The van der Waals surface area contributed by atoms with Gasteiger partial charge in [-0.25, -0.2) is 4.39 Å². The Balaban J connectivity index is 1.23. The third-order valence-corrected chi connectivity index (χ3v) is 7.80. The maximum Gasteiger partial charge on any atom is 0.290 e. The molecule has 0 saturated heterocycles. The first kappa shape index (κ1) is 24.0. The summed E-state index contributed by atoms with van der Waals surface area (Å²) in [5.74, 6) is -0.605. The number of hydrogen-bond acceptors (Lipinski definition) is 7. The Morgan fingerprint density at radius 1 is 1.20 bits per heavy atom. The molecule has 4 aliphatic rings. The number of nitrogens with one attached hydrogen (secondary N) is 2. The van der Waals surface area contributed by atoms with Crippen LogP contribution in [-0.2, 0) is 4.79 Å². The number of fused-ring (bicyclic) bond motifs is 4. The Morgan fingerprint density at radius 3 is 2.60 bits per heavy atom. The summed E-state index contributed by atoms with van der Waals surface area (Å²) in [6.45, 7) is 1.30. The molecule has 11 heteroatoms. The van der Waals surface area contributed by atoms with E-state index in [1.807, 2.05) is 0 Å². The van der Waals surface area contributed by atoms with Crippen LogP contribution < -0.4 is 15.4 Å². The fourth-order valence-electron chi connectivity index (χ4n) is 5.45. The average molecular weight is 508 g/mol. The molecule has 3 fully saturated rings. The number of ether oxygens (including phenoxy) is 1. The number of alkyl halides is 1. The van der Waals surface area contributed by atoms with Crippen molar-refractivity contribution in [2.45, 2.75) is 81.0 Å². The van der Waals surface area contributed by atoms with Crippen molar-refractivity contribution in [3.05, 3.63) is 46.3 Å². The van der Waals surface area contributed by atoms with Crippen LogP contribution in [0.3, 0.4) is 0 Å². The minimum Gasteiger partial charge on any atom is -0.480 e. The maximum absolute atomic E-state index is 13.4. The van der Waals surface area contributed by atoms with E-state index >= 15 is 0 Å². The van der Waals surface area contributed by atoms with Gasteiger partial charge in [0, 0.05) is 28.6 Å². The molecule has 3 aliphatic carbocycles. The molecule has 4 N–H and O–H groups in total. The van der Waals surface area contributed by atoms with E-state index in [2.05, 4.69) is 15.8 Å². The summed E-state index contributed by atoms with van der Waals surface area (Å²) in [6.07, 6.45) is -1.77. The van der Waals surface area contributed by atoms with Crippen LogP contribution in [0.5, 0.6) is 5.75 Å². The van der Waals surface area contributed by atoms with Crippen molar-refractivity contribution in [3.8, 4) is 5.75 Å². The molecule has 4 atom stereocenters. The summed E-state index contributed by atoms with van der Waals surface area (Å²) in [5, 5.41) is 31.5. The van der Waals surface area contributed by atoms with Crippen LogP contribution in [0, 0.1) is 0 Å². The molecule has 1 aliphatic heterocycles. The molecule has 3 saturated carbocycles. The van der Waals surface area contributed by atoms with Crippen molar-refractivity contribution in [1.29, 1.82) is 0 Å². The monoisotopic (exact) mass is 507 g/mol. The summed E-state index contributed by atoms with van der Waals surface area (Å²) < 4.78 is 24.2. The molecule has 2 bridgehead atoms. The lowest BCUT2D eigenvalue weighted by molar-refractivity contribution is -0.139. The SMILES string of the molecule is CC(F)c1cc(C(=O)NC23CCC(NC(=O)[C@@H]4C[C@H](O)c5cc(Cl)ccc5O4)(CC2)[C@@H](O)C3)on1. The molecule has 2 amide bonds. The van der Waals surface area contributed by atoms with Crippen LogP contribution in [-0.4, -0.2) is 50.5 Å². The minimum atomic E-state index is -1.35. The lowest BCUT2D eigenvalue weighted by atomic mass is 9.59. The van der Waals surface area contributed by atoms with Crippen LogP contribution in [0.2, 0.25) is 5.02 Å². The topological polar surface area (TPSA) is 134 Å². The van der Waals surface area contributed by atoms with Crippen molar-refractivity contribution in [1.82, 2.24) is 15.8 Å². The molecule has 188 valence electrons. The molecule has 1 unspecified atom stereocenters. The van der Waals surface area contributed by atoms with Crippen molar-refractivity contribution in [3.63, 3.8) is 0 Å². The molecule has 2 heterocycles. The van der Waals surface area contributed by atoms with E-state index in [1.165, 1.54) is 13.0 Å². The van der Waals surface area contributed by atoms with Crippen LogP contribution in [0.4, 0.5) is 4.39 Å². The van der Waals surface area contributed by atoms with Crippen LogP contribution in [0.1, 0.15) is 79.5 Å². The van der Waals surface area contributed by atoms with Gasteiger partial charge in [0.1, 0.15) is 17.6 Å². The first-order valence-corrected chi connectivity index (χ1v) is 12.0. The highest BCUT2D eigenvalue weighted by molar-refractivity contribution is 6.30. The van der Waals surface area contributed by atoms with E-state index in [-0.39, 0.29) is 24.3 Å². The van der Waals surface area contributed by atoms with Gasteiger partial charge in [-0.1, -0.05) is 16.8 Å². The lowest BCUT2D eigenvalue weighted by Crippen LogP contribution is -2.71. The third kappa shape index (κ3) is 4.39. The molecule has 35 heavy (non-hydrogen) atoms. The van der Waals surface area contributed by atoms with Gasteiger partial charge in [0.05, 0.1) is 17.7 Å². The van der Waals surface area contributed by atoms with Gasteiger partial charge < -0.3 is 30.1 Å². The molecule has 6 rings (SSSR count). The number of carbonyl (C=O) groups excluding carboxylic acids is 2. The van der Waals surface area contributed by atoms with E-state index in [9.17, 15) is 24.2 Å². The second-order valence-corrected chi connectivity index (χ2v) is 10.3. The largest absolute Gasteiger partial charge is 0.480 e. The quantitative estimate of drug-likeness (QED) is 0.489.